The van der Waals surface area contributed by atoms with Crippen molar-refractivity contribution in [2.75, 3.05) is 50.1 Å². The molecule has 5 rings (SSSR count). The molecular weight excluding hydrogens is 566 g/mol. The number of hydrogen-bond donors (Lipinski definition) is 3. The number of aromatic nitrogens is 3. The number of amides is 1. The highest BCUT2D eigenvalue weighted by molar-refractivity contribution is 7.85. The molecule has 1 fully saturated rings. The molecule has 1 saturated heterocycles. The fraction of sp³-hybridized carbons (Fsp3) is 0.290. The molecule has 0 atom stereocenters. The number of hydrogen-bond acceptors (Lipinski definition) is 9. The number of aryl methyl sites for hydroxylation is 1. The first-order valence-corrected chi connectivity index (χ1v) is 15.2. The maximum atomic E-state index is 12.9. The second kappa shape index (κ2) is 15.3. The van der Waals surface area contributed by atoms with Crippen molar-refractivity contribution < 1.29 is 17.8 Å². The summed E-state index contributed by atoms with van der Waals surface area (Å²) in [5.74, 6) is 0.333. The van der Waals surface area contributed by atoms with Crippen LogP contribution >= 0.6 is 0 Å². The first kappa shape index (κ1) is 33.3. The lowest BCUT2D eigenvalue weighted by Gasteiger charge is -2.32. The van der Waals surface area contributed by atoms with Gasteiger partial charge in [0.15, 0.2) is 0 Å². The summed E-state index contributed by atoms with van der Waals surface area (Å²) in [5.41, 5.74) is 6.08. The minimum Gasteiger partial charge on any atom is -0.324 e. The number of nitrogens with one attached hydrogen (secondary N) is 2. The van der Waals surface area contributed by atoms with Gasteiger partial charge >= 0.3 is 0 Å². The Bertz CT molecular complexity index is 1580. The van der Waals surface area contributed by atoms with Crippen molar-refractivity contribution in [3.63, 3.8) is 0 Å². The second-order valence-electron chi connectivity index (χ2n) is 10.1. The van der Waals surface area contributed by atoms with E-state index in [0.29, 0.717) is 23.5 Å². The summed E-state index contributed by atoms with van der Waals surface area (Å²) in [6.07, 6.45) is 5.93. The molecule has 0 saturated carbocycles. The number of rotatable bonds is 7. The van der Waals surface area contributed by atoms with E-state index in [1.807, 2.05) is 67.6 Å². The number of pyridine rings is 1. The fourth-order valence-corrected chi connectivity index (χ4v) is 4.28. The van der Waals surface area contributed by atoms with Crippen molar-refractivity contribution in [1.29, 1.82) is 0 Å². The first-order chi connectivity index (χ1) is 20.0. The summed E-state index contributed by atoms with van der Waals surface area (Å²) in [7, 11) is -1.51. The van der Waals surface area contributed by atoms with E-state index in [1.165, 1.54) is 5.56 Å². The van der Waals surface area contributed by atoms with E-state index in [-0.39, 0.29) is 13.3 Å². The van der Waals surface area contributed by atoms with Gasteiger partial charge in [0.1, 0.15) is 0 Å². The van der Waals surface area contributed by atoms with E-state index in [2.05, 4.69) is 42.4 Å². The molecule has 0 radical (unpaired) electrons. The Balaban J connectivity index is 0.000000781. The van der Waals surface area contributed by atoms with Crippen LogP contribution < -0.4 is 10.6 Å². The van der Waals surface area contributed by atoms with E-state index < -0.39 is 10.1 Å². The van der Waals surface area contributed by atoms with Crippen LogP contribution in [0.1, 0.15) is 28.9 Å². The zero-order chi connectivity index (χ0) is 30.1. The molecule has 0 spiro atoms. The van der Waals surface area contributed by atoms with Crippen LogP contribution in [0.25, 0.3) is 11.3 Å². The van der Waals surface area contributed by atoms with E-state index in [4.69, 9.17) is 4.55 Å². The van der Waals surface area contributed by atoms with Crippen LogP contribution in [0.15, 0.2) is 79.3 Å². The highest BCUT2D eigenvalue weighted by Gasteiger charge is 2.14. The molecule has 0 bridgehead atoms. The molecule has 0 unspecified atom stereocenters. The van der Waals surface area contributed by atoms with Gasteiger partial charge in [-0.2, -0.15) is 8.42 Å². The molecule has 2 aromatic carbocycles. The molecule has 4 aromatic rings. The highest BCUT2D eigenvalue weighted by Crippen LogP contribution is 2.24. The van der Waals surface area contributed by atoms with Gasteiger partial charge < -0.3 is 15.5 Å². The molecule has 12 heteroatoms. The maximum Gasteiger partial charge on any atom is 0.261 e. The van der Waals surface area contributed by atoms with Gasteiger partial charge in [-0.25, -0.2) is 9.97 Å². The summed E-state index contributed by atoms with van der Waals surface area (Å²) in [6.45, 7) is 7.24. The van der Waals surface area contributed by atoms with E-state index in [1.54, 1.807) is 18.6 Å². The van der Waals surface area contributed by atoms with Crippen molar-refractivity contribution >= 4 is 33.3 Å². The summed E-state index contributed by atoms with van der Waals surface area (Å²) in [5, 5.41) is 6.29. The number of likely N-dealkylation sites (N-methyl/N-ethyl adjacent to an activating group) is 1. The van der Waals surface area contributed by atoms with E-state index >= 15 is 0 Å². The monoisotopic (exact) mass is 605 g/mol. The highest BCUT2D eigenvalue weighted by atomic mass is 32.2. The Morgan fingerprint density at radius 2 is 1.70 bits per heavy atom. The molecule has 11 nitrogen and oxygen atoms in total. The van der Waals surface area contributed by atoms with Gasteiger partial charge in [0.05, 0.1) is 11.9 Å². The third kappa shape index (κ3) is 10.8. The second-order valence-corrected chi connectivity index (χ2v) is 11.6. The van der Waals surface area contributed by atoms with Crippen molar-refractivity contribution in [2.24, 2.45) is 0 Å². The van der Waals surface area contributed by atoms with Crippen LogP contribution in [0, 0.1) is 6.92 Å². The van der Waals surface area contributed by atoms with Gasteiger partial charge in [0, 0.05) is 73.8 Å². The molecule has 1 aliphatic rings. The number of anilines is 3. The van der Waals surface area contributed by atoms with Gasteiger partial charge in [0.2, 0.25) is 5.95 Å². The van der Waals surface area contributed by atoms with Crippen LogP contribution in [-0.2, 0) is 16.7 Å². The third-order valence-electron chi connectivity index (χ3n) is 6.57. The van der Waals surface area contributed by atoms with Crippen LogP contribution in [0.4, 0.5) is 17.3 Å². The Kier molecular flexibility index (Phi) is 11.8. The minimum absolute atomic E-state index is 0. The van der Waals surface area contributed by atoms with Gasteiger partial charge in [0.25, 0.3) is 16.0 Å². The molecule has 3 heterocycles. The summed E-state index contributed by atoms with van der Waals surface area (Å²) in [6, 6.07) is 19.3. The van der Waals surface area contributed by atoms with Gasteiger partial charge in [-0.3, -0.25) is 19.2 Å². The van der Waals surface area contributed by atoms with E-state index in [0.717, 1.165) is 55.2 Å². The average Bonchev–Trinajstić information content (AvgIpc) is 2.96. The standard InChI is InChI=1S/C29H31N7O.CH4O3S.CH4/c1-21-5-10-25(18-27(21)34-29-31-13-11-26(33-29)24-4-3-12-30-19-24)32-28(37)23-8-6-22(7-9-23)20-36-16-14-35(2)15-17-36;1-5(2,3)4;/h3-13,18-19H,14-17,20H2,1-2H3,(H,32,37)(H,31,33,34);1H3,(H,2,3,4);1H4. The van der Waals surface area contributed by atoms with Crippen molar-refractivity contribution in [3.05, 3.63) is 95.9 Å². The number of nitrogens with zero attached hydrogens (tertiary/aromatic N) is 5. The zero-order valence-corrected chi connectivity index (χ0v) is 24.7. The summed E-state index contributed by atoms with van der Waals surface area (Å²) in [4.78, 5) is 30.9. The Morgan fingerprint density at radius 3 is 2.35 bits per heavy atom. The van der Waals surface area contributed by atoms with Gasteiger partial charge in [-0.1, -0.05) is 25.6 Å². The maximum absolute atomic E-state index is 12.9. The largest absolute Gasteiger partial charge is 0.324 e. The van der Waals surface area contributed by atoms with Crippen LogP contribution in [0.5, 0.6) is 0 Å². The van der Waals surface area contributed by atoms with Gasteiger partial charge in [-0.15, -0.1) is 0 Å². The Morgan fingerprint density at radius 1 is 1.00 bits per heavy atom. The van der Waals surface area contributed by atoms with Gasteiger partial charge in [-0.05, 0) is 67.6 Å². The van der Waals surface area contributed by atoms with Crippen molar-refractivity contribution in [3.8, 4) is 11.3 Å². The molecule has 43 heavy (non-hydrogen) atoms. The zero-order valence-electron chi connectivity index (χ0n) is 23.9. The lowest BCUT2D eigenvalue weighted by atomic mass is 10.1. The molecule has 228 valence electrons. The SMILES string of the molecule is C.CS(=O)(=O)O.Cc1ccc(NC(=O)c2ccc(CN3CCN(C)CC3)cc2)cc1Nc1nccc(-c2cccnc2)n1. The normalized spacial score (nSPS) is 13.7. The third-order valence-corrected chi connectivity index (χ3v) is 6.57. The van der Waals surface area contributed by atoms with Crippen LogP contribution in [0.3, 0.4) is 0 Å². The Labute approximate surface area is 253 Å². The predicted octanol–water partition coefficient (Wildman–Crippen LogP) is 4.73. The molecule has 2 aromatic heterocycles. The molecule has 1 aliphatic heterocycles. The quantitative estimate of drug-likeness (QED) is 0.253. The minimum atomic E-state index is -3.67. The van der Waals surface area contributed by atoms with E-state index in [9.17, 15) is 13.2 Å². The number of piperazine rings is 1. The smallest absolute Gasteiger partial charge is 0.261 e. The molecule has 1 amide bonds. The molecule has 3 N–H and O–H groups in total. The van der Waals surface area contributed by atoms with Crippen molar-refractivity contribution in [1.82, 2.24) is 24.8 Å². The lowest BCUT2D eigenvalue weighted by molar-refractivity contribution is 0.102. The predicted molar refractivity (Wildman–Crippen MR) is 171 cm³/mol. The molecule has 0 aliphatic carbocycles. The number of carbonyl (C=O) groups excluding carboxylic acids is 1. The van der Waals surface area contributed by atoms with Crippen LogP contribution in [-0.4, -0.2) is 83.1 Å². The fourth-order valence-electron chi connectivity index (χ4n) is 4.28. The first-order valence-electron chi connectivity index (χ1n) is 13.4. The summed E-state index contributed by atoms with van der Waals surface area (Å²) < 4.78 is 25.9. The Hall–Kier alpha value is -4.23. The lowest BCUT2D eigenvalue weighted by Crippen LogP contribution is -2.43. The number of carbonyl (C=O) groups is 1. The number of benzene rings is 2. The van der Waals surface area contributed by atoms with Crippen LogP contribution in [0.2, 0.25) is 0 Å². The summed E-state index contributed by atoms with van der Waals surface area (Å²) >= 11 is 0. The molecular formula is C31H39N7O4S. The topological polar surface area (TPSA) is 141 Å². The van der Waals surface area contributed by atoms with Crippen molar-refractivity contribution in [2.45, 2.75) is 20.9 Å². The average molecular weight is 606 g/mol.